The van der Waals surface area contributed by atoms with Crippen LogP contribution in [0.1, 0.15) is 74.1 Å². The lowest BCUT2D eigenvalue weighted by molar-refractivity contribution is 0.241. The van der Waals surface area contributed by atoms with Crippen LogP contribution in [0.3, 0.4) is 0 Å². The highest BCUT2D eigenvalue weighted by molar-refractivity contribution is 7.90. The minimum absolute atomic E-state index is 0.175. The van der Waals surface area contributed by atoms with Gasteiger partial charge in [0.1, 0.15) is 5.75 Å². The molecule has 0 spiro atoms. The second-order valence-electron chi connectivity index (χ2n) is 8.86. The fourth-order valence-electron chi connectivity index (χ4n) is 3.98. The van der Waals surface area contributed by atoms with Gasteiger partial charge in [-0.1, -0.05) is 81.8 Å². The molecule has 0 fully saturated rings. The number of azide groups is 1. The quantitative estimate of drug-likeness (QED) is 0.114. The van der Waals surface area contributed by atoms with Gasteiger partial charge in [0.25, 0.3) is 0 Å². The molecular formula is C26H37N5O4S. The molecule has 196 valence electrons. The summed E-state index contributed by atoms with van der Waals surface area (Å²) in [4.78, 5) is 14.4. The zero-order valence-electron chi connectivity index (χ0n) is 20.9. The van der Waals surface area contributed by atoms with Crippen molar-refractivity contribution in [2.24, 2.45) is 4.52 Å². The number of aryl methyl sites for hydroxylation is 1. The number of unbranched alkanes of at least 4 members (excludes halogenated alkanes) is 6. The van der Waals surface area contributed by atoms with E-state index in [0.717, 1.165) is 41.5 Å². The summed E-state index contributed by atoms with van der Waals surface area (Å²) in [7, 11) is -3.92. The van der Waals surface area contributed by atoms with E-state index in [1.807, 2.05) is 42.5 Å². The Morgan fingerprint density at radius 1 is 0.972 bits per heavy atom. The number of sulfonamides is 1. The molecule has 10 heteroatoms. The van der Waals surface area contributed by atoms with Crippen LogP contribution in [0.2, 0.25) is 0 Å². The third-order valence-electron chi connectivity index (χ3n) is 5.87. The Labute approximate surface area is 214 Å². The van der Waals surface area contributed by atoms with Gasteiger partial charge in [-0.3, -0.25) is 0 Å². The van der Waals surface area contributed by atoms with Crippen LogP contribution in [0.15, 0.2) is 47.0 Å². The highest BCUT2D eigenvalue weighted by Gasteiger charge is 2.13. The van der Waals surface area contributed by atoms with Gasteiger partial charge in [-0.2, -0.15) is 0 Å². The predicted octanol–water partition coefficient (Wildman–Crippen LogP) is 5.72. The molecule has 0 aliphatic carbocycles. The molecule has 2 amide bonds. The lowest BCUT2D eigenvalue weighted by Gasteiger charge is -2.15. The Morgan fingerprint density at radius 3 is 2.33 bits per heavy atom. The minimum atomic E-state index is -3.92. The highest BCUT2D eigenvalue weighted by Crippen LogP contribution is 2.29. The number of nitrogens with one attached hydrogen (secondary N) is 2. The number of benzene rings is 2. The summed E-state index contributed by atoms with van der Waals surface area (Å²) in [6.07, 6.45) is 9.64. The van der Waals surface area contributed by atoms with E-state index in [1.54, 1.807) is 0 Å². The molecule has 2 aromatic rings. The van der Waals surface area contributed by atoms with Gasteiger partial charge in [0.2, 0.25) is 10.0 Å². The maximum absolute atomic E-state index is 12.1. The number of carbonyl (C=O) groups excluding carboxylic acids is 1. The molecule has 9 nitrogen and oxygen atoms in total. The highest BCUT2D eigenvalue weighted by atomic mass is 32.2. The summed E-state index contributed by atoms with van der Waals surface area (Å²) in [6.45, 7) is 2.25. The number of phenols is 1. The fraction of sp³-hybridized carbons (Fsp3) is 0.500. The molecule has 0 aliphatic rings. The van der Waals surface area contributed by atoms with Crippen LogP contribution in [0, 0.1) is 0 Å². The van der Waals surface area contributed by atoms with Crippen molar-refractivity contribution < 1.29 is 18.3 Å². The zero-order valence-corrected chi connectivity index (χ0v) is 21.8. The average Bonchev–Trinajstić information content (AvgIpc) is 2.85. The van der Waals surface area contributed by atoms with Gasteiger partial charge in [0.05, 0.1) is 5.75 Å². The number of nitrogens with zero attached hydrogens (tertiary/aromatic N) is 3. The minimum Gasteiger partial charge on any atom is -0.507 e. The summed E-state index contributed by atoms with van der Waals surface area (Å²) >= 11 is 0. The average molecular weight is 516 g/mol. The Balaban J connectivity index is 2.01. The van der Waals surface area contributed by atoms with Crippen LogP contribution in [0.4, 0.5) is 4.79 Å². The lowest BCUT2D eigenvalue weighted by atomic mass is 9.95. The first kappa shape index (κ1) is 29.0. The second kappa shape index (κ2) is 15.7. The molecule has 2 rings (SSSR count). The summed E-state index contributed by atoms with van der Waals surface area (Å²) in [5.41, 5.74) is 11.9. The summed E-state index contributed by atoms with van der Waals surface area (Å²) in [5, 5.41) is 16.1. The van der Waals surface area contributed by atoms with Crippen molar-refractivity contribution >= 4 is 16.1 Å². The Bertz CT molecular complexity index is 1120. The number of urea groups is 1. The number of carbonyl (C=O) groups is 1. The van der Waals surface area contributed by atoms with E-state index >= 15 is 0 Å². The molecule has 0 bridgehead atoms. The first-order valence-electron chi connectivity index (χ1n) is 12.5. The molecule has 0 saturated carbocycles. The Morgan fingerprint density at radius 2 is 1.64 bits per heavy atom. The maximum Gasteiger partial charge on any atom is 0.315 e. The molecule has 0 heterocycles. The normalized spacial score (nSPS) is 11.0. The van der Waals surface area contributed by atoms with Gasteiger partial charge < -0.3 is 15.7 Å². The van der Waals surface area contributed by atoms with E-state index in [-0.39, 0.29) is 13.1 Å². The fourth-order valence-corrected chi connectivity index (χ4v) is 4.54. The second-order valence-corrected chi connectivity index (χ2v) is 10.6. The molecule has 0 atom stereocenters. The number of rotatable bonds is 16. The Kier molecular flexibility index (Phi) is 12.6. The molecule has 36 heavy (non-hydrogen) atoms. The van der Waals surface area contributed by atoms with Gasteiger partial charge in [-0.15, -0.1) is 0 Å². The molecule has 0 aromatic heterocycles. The van der Waals surface area contributed by atoms with Crippen molar-refractivity contribution in [2.75, 3.05) is 12.3 Å². The summed E-state index contributed by atoms with van der Waals surface area (Å²) in [5.74, 6) is -0.172. The van der Waals surface area contributed by atoms with Crippen molar-refractivity contribution in [3.05, 3.63) is 75.2 Å². The Hall–Kier alpha value is -3.23. The molecule has 2 aromatic carbocycles. The third kappa shape index (κ3) is 11.0. The monoisotopic (exact) mass is 515 g/mol. The van der Waals surface area contributed by atoms with Gasteiger partial charge in [0.15, 0.2) is 0 Å². The number of aromatic hydroxyl groups is 1. The lowest BCUT2D eigenvalue weighted by Crippen LogP contribution is -2.37. The van der Waals surface area contributed by atoms with Crippen molar-refractivity contribution in [1.82, 2.24) is 10.6 Å². The van der Waals surface area contributed by atoms with Crippen molar-refractivity contribution in [2.45, 2.75) is 71.3 Å². The molecule has 0 aliphatic heterocycles. The molecule has 3 N–H and O–H groups in total. The topological polar surface area (TPSA) is 144 Å². The summed E-state index contributed by atoms with van der Waals surface area (Å²) in [6, 6.07) is 13.2. The van der Waals surface area contributed by atoms with Gasteiger partial charge in [-0.25, -0.2) is 13.2 Å². The van der Waals surface area contributed by atoms with Crippen LogP contribution in [-0.2, 0) is 29.4 Å². The third-order valence-corrected chi connectivity index (χ3v) is 6.92. The van der Waals surface area contributed by atoms with E-state index < -0.39 is 21.8 Å². The number of phenolic OH excluding ortho intramolecular Hbond substituents is 1. The maximum atomic E-state index is 12.1. The van der Waals surface area contributed by atoms with Crippen molar-refractivity contribution in [3.63, 3.8) is 0 Å². The largest absolute Gasteiger partial charge is 0.507 e. The van der Waals surface area contributed by atoms with E-state index in [9.17, 15) is 18.3 Å². The molecule has 0 radical (unpaired) electrons. The van der Waals surface area contributed by atoms with E-state index in [1.165, 1.54) is 32.1 Å². The van der Waals surface area contributed by atoms with Crippen LogP contribution >= 0.6 is 0 Å². The number of amides is 2. The number of hydrogen-bond donors (Lipinski definition) is 3. The van der Waals surface area contributed by atoms with Crippen LogP contribution in [0.5, 0.6) is 5.75 Å². The van der Waals surface area contributed by atoms with Crippen LogP contribution in [0.25, 0.3) is 10.4 Å². The predicted molar refractivity (Wildman–Crippen MR) is 142 cm³/mol. The SMILES string of the molecule is CCCCCCCCCc1cc(CNC(=O)NCCS(=O)(=O)N=[N+]=[N-])cc(Cc2ccccc2)c1O. The summed E-state index contributed by atoms with van der Waals surface area (Å²) < 4.78 is 25.5. The van der Waals surface area contributed by atoms with Crippen molar-refractivity contribution in [3.8, 4) is 5.75 Å². The zero-order chi connectivity index (χ0) is 26.2. The van der Waals surface area contributed by atoms with Gasteiger partial charge >= 0.3 is 6.03 Å². The number of hydrogen-bond acceptors (Lipinski definition) is 4. The van der Waals surface area contributed by atoms with E-state index in [0.29, 0.717) is 12.2 Å². The van der Waals surface area contributed by atoms with Crippen LogP contribution < -0.4 is 10.6 Å². The first-order chi connectivity index (χ1) is 17.3. The van der Waals surface area contributed by atoms with Crippen LogP contribution in [-0.4, -0.2) is 31.9 Å². The molecular weight excluding hydrogens is 478 g/mol. The molecule has 0 unspecified atom stereocenters. The smallest absolute Gasteiger partial charge is 0.315 e. The van der Waals surface area contributed by atoms with E-state index in [2.05, 4.69) is 27.0 Å². The van der Waals surface area contributed by atoms with Gasteiger partial charge in [-0.05, 0) is 46.7 Å². The first-order valence-corrected chi connectivity index (χ1v) is 14.1. The van der Waals surface area contributed by atoms with Crippen molar-refractivity contribution in [1.29, 1.82) is 0 Å². The van der Waals surface area contributed by atoms with E-state index in [4.69, 9.17) is 5.53 Å². The molecule has 0 saturated heterocycles. The van der Waals surface area contributed by atoms with Gasteiger partial charge in [0, 0.05) is 28.9 Å². The standard InChI is InChI=1S/C26H37N5O4S/c1-2-3-4-5-6-7-11-14-23-18-22(19-24(25(23)32)17-21-12-9-8-10-13-21)20-29-26(33)28-15-16-36(34,35)31-30-27/h8-10,12-13,18-19,32H,2-7,11,14-17,20H2,1H3,(H2,28,29,33).